The van der Waals surface area contributed by atoms with E-state index in [4.69, 9.17) is 16.3 Å². The Labute approximate surface area is 208 Å². The molecule has 2 N–H and O–H groups in total. The predicted octanol–water partition coefficient (Wildman–Crippen LogP) is 4.55. The summed E-state index contributed by atoms with van der Waals surface area (Å²) in [6.45, 7) is 5.23. The fraction of sp³-hybridized carbons (Fsp3) is 0.292. The average molecular weight is 499 g/mol. The molecular weight excluding hydrogens is 472 g/mol. The summed E-state index contributed by atoms with van der Waals surface area (Å²) in [5.74, 6) is -0.954. The van der Waals surface area contributed by atoms with Crippen molar-refractivity contribution >= 4 is 46.4 Å². The number of nitrogens with zero attached hydrogens (tertiary/aromatic N) is 4. The molecule has 0 aliphatic rings. The van der Waals surface area contributed by atoms with Crippen LogP contribution in [-0.2, 0) is 9.53 Å². The van der Waals surface area contributed by atoms with Crippen molar-refractivity contribution in [3.63, 3.8) is 0 Å². The van der Waals surface area contributed by atoms with Crippen LogP contribution in [0.2, 0.25) is 5.02 Å². The Morgan fingerprint density at radius 3 is 2.43 bits per heavy atom. The zero-order chi connectivity index (χ0) is 25.8. The Hall–Kier alpha value is -3.92. The van der Waals surface area contributed by atoms with E-state index in [2.05, 4.69) is 20.9 Å². The molecule has 0 spiro atoms. The van der Waals surface area contributed by atoms with Crippen LogP contribution in [-0.4, -0.2) is 52.5 Å². The Kier molecular flexibility index (Phi) is 7.75. The van der Waals surface area contributed by atoms with E-state index in [-0.39, 0.29) is 17.2 Å². The number of Topliss-reactive ketones (excluding diaryl/α,β-unsaturated/α-hetero) is 1. The van der Waals surface area contributed by atoms with Crippen molar-refractivity contribution < 1.29 is 19.1 Å². The van der Waals surface area contributed by atoms with Gasteiger partial charge in [-0.3, -0.25) is 14.9 Å². The summed E-state index contributed by atoms with van der Waals surface area (Å²) in [5, 5.41) is 13.3. The molecule has 0 radical (unpaired) electrons. The van der Waals surface area contributed by atoms with E-state index in [1.54, 1.807) is 76.3 Å². The van der Waals surface area contributed by atoms with E-state index < -0.39 is 24.0 Å². The Balaban J connectivity index is 1.78. The fourth-order valence-corrected chi connectivity index (χ4v) is 3.47. The summed E-state index contributed by atoms with van der Waals surface area (Å²) in [4.78, 5) is 39.6. The SMILES string of the molecule is CN(C)c1cc(NC(=O)OC(C)(C)C)c(NC(=O)CC(=O)c2cccc(-n3ccnn3)c2)cc1Cl. The number of aromatic nitrogens is 3. The summed E-state index contributed by atoms with van der Waals surface area (Å²) in [7, 11) is 3.59. The first-order valence-corrected chi connectivity index (χ1v) is 11.1. The van der Waals surface area contributed by atoms with Gasteiger partial charge in [0.25, 0.3) is 0 Å². The van der Waals surface area contributed by atoms with Crippen LogP contribution in [0.4, 0.5) is 21.9 Å². The predicted molar refractivity (Wildman–Crippen MR) is 135 cm³/mol. The monoisotopic (exact) mass is 498 g/mol. The number of ether oxygens (including phenoxy) is 1. The van der Waals surface area contributed by atoms with E-state index in [1.807, 2.05) is 0 Å². The molecule has 3 aromatic rings. The van der Waals surface area contributed by atoms with E-state index >= 15 is 0 Å². The van der Waals surface area contributed by atoms with Gasteiger partial charge in [0.1, 0.15) is 5.60 Å². The molecule has 35 heavy (non-hydrogen) atoms. The minimum atomic E-state index is -0.711. The summed E-state index contributed by atoms with van der Waals surface area (Å²) in [5.41, 5.74) is 1.42. The Bertz CT molecular complexity index is 1240. The number of benzene rings is 2. The van der Waals surface area contributed by atoms with Crippen molar-refractivity contribution in [2.45, 2.75) is 32.8 Å². The summed E-state index contributed by atoms with van der Waals surface area (Å²) < 4.78 is 6.84. The minimum Gasteiger partial charge on any atom is -0.444 e. The second-order valence-electron chi connectivity index (χ2n) is 8.92. The van der Waals surface area contributed by atoms with Gasteiger partial charge in [-0.25, -0.2) is 9.48 Å². The fourth-order valence-electron chi connectivity index (χ4n) is 3.14. The van der Waals surface area contributed by atoms with E-state index in [9.17, 15) is 14.4 Å². The van der Waals surface area contributed by atoms with Crippen molar-refractivity contribution in [1.29, 1.82) is 0 Å². The molecule has 2 amide bonds. The maximum atomic E-state index is 12.8. The molecule has 2 aromatic carbocycles. The van der Waals surface area contributed by atoms with Crippen LogP contribution in [0.5, 0.6) is 0 Å². The van der Waals surface area contributed by atoms with Crippen LogP contribution in [0, 0.1) is 0 Å². The highest BCUT2D eigenvalue weighted by Crippen LogP contribution is 2.35. The van der Waals surface area contributed by atoms with Crippen molar-refractivity contribution in [2.24, 2.45) is 0 Å². The van der Waals surface area contributed by atoms with Crippen LogP contribution in [0.1, 0.15) is 37.6 Å². The smallest absolute Gasteiger partial charge is 0.412 e. The number of carbonyl (C=O) groups is 3. The first kappa shape index (κ1) is 25.7. The van der Waals surface area contributed by atoms with Crippen LogP contribution >= 0.6 is 11.6 Å². The number of anilines is 3. The van der Waals surface area contributed by atoms with Crippen molar-refractivity contribution in [3.8, 4) is 5.69 Å². The summed E-state index contributed by atoms with van der Waals surface area (Å²) in [6, 6.07) is 9.85. The molecule has 0 saturated heterocycles. The Morgan fingerprint density at radius 2 is 1.80 bits per heavy atom. The van der Waals surface area contributed by atoms with Crippen LogP contribution in [0.25, 0.3) is 5.69 Å². The molecule has 0 saturated carbocycles. The number of nitrogens with one attached hydrogen (secondary N) is 2. The van der Waals surface area contributed by atoms with Crippen LogP contribution in [0.3, 0.4) is 0 Å². The third-order valence-corrected chi connectivity index (χ3v) is 4.96. The summed E-state index contributed by atoms with van der Waals surface area (Å²) in [6.07, 6.45) is 2.06. The largest absolute Gasteiger partial charge is 0.444 e. The molecule has 184 valence electrons. The minimum absolute atomic E-state index is 0.237. The lowest BCUT2D eigenvalue weighted by molar-refractivity contribution is -0.115. The highest BCUT2D eigenvalue weighted by molar-refractivity contribution is 6.34. The second-order valence-corrected chi connectivity index (χ2v) is 9.32. The summed E-state index contributed by atoms with van der Waals surface area (Å²) >= 11 is 6.37. The molecule has 1 heterocycles. The molecule has 0 fully saturated rings. The van der Waals surface area contributed by atoms with Crippen molar-refractivity contribution in [2.75, 3.05) is 29.6 Å². The number of hydrogen-bond donors (Lipinski definition) is 2. The van der Waals surface area contributed by atoms with E-state index in [1.165, 1.54) is 16.9 Å². The first-order chi connectivity index (χ1) is 16.4. The quantitative estimate of drug-likeness (QED) is 0.362. The maximum Gasteiger partial charge on any atom is 0.412 e. The number of carbonyl (C=O) groups excluding carboxylic acids is 3. The molecule has 11 heteroatoms. The molecule has 3 rings (SSSR count). The third-order valence-electron chi connectivity index (χ3n) is 4.65. The van der Waals surface area contributed by atoms with Gasteiger partial charge in [0.2, 0.25) is 5.91 Å². The van der Waals surface area contributed by atoms with Gasteiger partial charge in [0.05, 0.1) is 46.6 Å². The van der Waals surface area contributed by atoms with Crippen molar-refractivity contribution in [1.82, 2.24) is 15.0 Å². The molecule has 0 atom stereocenters. The van der Waals surface area contributed by atoms with Gasteiger partial charge in [-0.1, -0.05) is 28.9 Å². The van der Waals surface area contributed by atoms with E-state index in [0.29, 0.717) is 22.0 Å². The molecule has 0 aliphatic carbocycles. The number of rotatable bonds is 7. The zero-order valence-corrected chi connectivity index (χ0v) is 20.9. The van der Waals surface area contributed by atoms with Crippen LogP contribution in [0.15, 0.2) is 48.8 Å². The molecule has 0 unspecified atom stereocenters. The number of halogens is 1. The average Bonchev–Trinajstić information content (AvgIpc) is 3.29. The maximum absolute atomic E-state index is 12.8. The molecule has 1 aromatic heterocycles. The number of amides is 2. The lowest BCUT2D eigenvalue weighted by atomic mass is 10.1. The molecule has 0 bridgehead atoms. The highest BCUT2D eigenvalue weighted by Gasteiger charge is 2.20. The second kappa shape index (κ2) is 10.6. The first-order valence-electron chi connectivity index (χ1n) is 10.7. The third kappa shape index (κ3) is 7.03. The normalized spacial score (nSPS) is 11.0. The van der Waals surface area contributed by atoms with Gasteiger partial charge in [-0.15, -0.1) is 5.10 Å². The lowest BCUT2D eigenvalue weighted by Crippen LogP contribution is -2.28. The van der Waals surface area contributed by atoms with Gasteiger partial charge < -0.3 is 15.0 Å². The van der Waals surface area contributed by atoms with Gasteiger partial charge in [-0.05, 0) is 45.0 Å². The Morgan fingerprint density at radius 1 is 1.09 bits per heavy atom. The molecular formula is C24H27ClN6O4. The molecule has 0 aliphatic heterocycles. The standard InChI is InChI=1S/C24H27ClN6O4/c1-24(2,3)35-23(34)28-19-13-20(30(4)5)17(25)12-18(19)27-22(33)14-21(32)15-7-6-8-16(11-15)31-10-9-26-29-31/h6-13H,14H2,1-5H3,(H,27,33)(H,28,34). The van der Waals surface area contributed by atoms with E-state index in [0.717, 1.165) is 0 Å². The zero-order valence-electron chi connectivity index (χ0n) is 20.1. The molecule has 10 nitrogen and oxygen atoms in total. The van der Waals surface area contributed by atoms with Crippen LogP contribution < -0.4 is 15.5 Å². The van der Waals surface area contributed by atoms with Gasteiger partial charge in [0, 0.05) is 19.7 Å². The number of hydrogen-bond acceptors (Lipinski definition) is 7. The highest BCUT2D eigenvalue weighted by atomic mass is 35.5. The van der Waals surface area contributed by atoms with Crippen molar-refractivity contribution in [3.05, 3.63) is 59.4 Å². The lowest BCUT2D eigenvalue weighted by Gasteiger charge is -2.22. The number of ketones is 1. The van der Waals surface area contributed by atoms with Gasteiger partial charge in [-0.2, -0.15) is 0 Å². The van der Waals surface area contributed by atoms with Gasteiger partial charge >= 0.3 is 6.09 Å². The van der Waals surface area contributed by atoms with Gasteiger partial charge in [0.15, 0.2) is 5.78 Å². The topological polar surface area (TPSA) is 118 Å².